The molecular weight excluding hydrogens is 410 g/mol. The van der Waals surface area contributed by atoms with Crippen LogP contribution in [0.25, 0.3) is 0 Å². The van der Waals surface area contributed by atoms with Crippen LogP contribution < -0.4 is 9.62 Å². The highest BCUT2D eigenvalue weighted by Crippen LogP contribution is 2.29. The monoisotopic (exact) mass is 429 g/mol. The van der Waals surface area contributed by atoms with Crippen molar-refractivity contribution in [2.24, 2.45) is 0 Å². The summed E-state index contributed by atoms with van der Waals surface area (Å²) in [5, 5.41) is 3.16. The Hall–Kier alpha value is -2.90. The molecule has 1 amide bonds. The van der Waals surface area contributed by atoms with Crippen molar-refractivity contribution in [2.75, 3.05) is 16.2 Å². The molecule has 1 aromatic heterocycles. The molecule has 0 radical (unpaired) electrons. The van der Waals surface area contributed by atoms with Gasteiger partial charge in [-0.25, -0.2) is 8.42 Å². The third kappa shape index (κ3) is 4.93. The Kier molecular flexibility index (Phi) is 6.20. The Morgan fingerprint density at radius 2 is 1.83 bits per heavy atom. The minimum atomic E-state index is -3.98. The number of nitrogens with one attached hydrogen (secondary N) is 1. The minimum Gasteiger partial charge on any atom is -0.323 e. The molecule has 3 aromatic rings. The standard InChI is InChI=1S/C21H20ClN3O3S/c1-15-5-8-19(9-6-15)29(27,28)25(20-10-7-17(22)12-16(20)2)14-21(26)24-18-4-3-11-23-13-18/h3-13H,14H2,1-2H3,(H,24,26). The average Bonchev–Trinajstić information content (AvgIpc) is 2.68. The number of nitrogens with zero attached hydrogens (tertiary/aromatic N) is 2. The number of carbonyl (C=O) groups is 1. The molecule has 2 aromatic carbocycles. The SMILES string of the molecule is Cc1ccc(S(=O)(=O)N(CC(=O)Nc2cccnc2)c2ccc(Cl)cc2C)cc1. The van der Waals surface area contributed by atoms with E-state index in [1.165, 1.54) is 18.3 Å². The zero-order valence-corrected chi connectivity index (χ0v) is 17.5. The summed E-state index contributed by atoms with van der Waals surface area (Å²) in [6.07, 6.45) is 3.07. The number of hydrogen-bond acceptors (Lipinski definition) is 4. The van der Waals surface area contributed by atoms with E-state index in [9.17, 15) is 13.2 Å². The maximum Gasteiger partial charge on any atom is 0.264 e. The Morgan fingerprint density at radius 3 is 2.45 bits per heavy atom. The van der Waals surface area contributed by atoms with Gasteiger partial charge in [-0.1, -0.05) is 29.3 Å². The van der Waals surface area contributed by atoms with Crippen LogP contribution in [0.15, 0.2) is 71.9 Å². The van der Waals surface area contributed by atoms with Crippen LogP contribution in [-0.2, 0) is 14.8 Å². The number of hydrogen-bond donors (Lipinski definition) is 1. The van der Waals surface area contributed by atoms with Gasteiger partial charge in [0, 0.05) is 11.2 Å². The van der Waals surface area contributed by atoms with Gasteiger partial charge < -0.3 is 5.32 Å². The molecular formula is C21H20ClN3O3S. The first-order valence-corrected chi connectivity index (χ1v) is 10.6. The van der Waals surface area contributed by atoms with Crippen molar-refractivity contribution in [3.05, 3.63) is 83.1 Å². The number of benzene rings is 2. The van der Waals surface area contributed by atoms with Crippen LogP contribution in [-0.4, -0.2) is 25.9 Å². The van der Waals surface area contributed by atoms with Crippen molar-refractivity contribution in [1.29, 1.82) is 0 Å². The van der Waals surface area contributed by atoms with Gasteiger partial charge in [-0.2, -0.15) is 0 Å². The van der Waals surface area contributed by atoms with Crippen LogP contribution >= 0.6 is 11.6 Å². The molecule has 6 nitrogen and oxygen atoms in total. The molecule has 0 saturated heterocycles. The van der Waals surface area contributed by atoms with Crippen molar-refractivity contribution in [3.63, 3.8) is 0 Å². The second-order valence-corrected chi connectivity index (χ2v) is 8.84. The Bertz CT molecular complexity index is 1120. The summed E-state index contributed by atoms with van der Waals surface area (Å²) in [7, 11) is -3.98. The first kappa shape index (κ1) is 20.8. The third-order valence-corrected chi connectivity index (χ3v) is 6.28. The number of halogens is 1. The highest BCUT2D eigenvalue weighted by atomic mass is 35.5. The molecule has 0 fully saturated rings. The fourth-order valence-electron chi connectivity index (χ4n) is 2.80. The van der Waals surface area contributed by atoms with Gasteiger partial charge >= 0.3 is 0 Å². The molecule has 0 aliphatic rings. The fraction of sp³-hybridized carbons (Fsp3) is 0.143. The van der Waals surface area contributed by atoms with Gasteiger partial charge in [0.2, 0.25) is 5.91 Å². The number of amides is 1. The zero-order valence-electron chi connectivity index (χ0n) is 16.0. The molecule has 29 heavy (non-hydrogen) atoms. The molecule has 0 unspecified atom stereocenters. The smallest absolute Gasteiger partial charge is 0.264 e. The summed E-state index contributed by atoms with van der Waals surface area (Å²) in [5.74, 6) is -0.483. The molecule has 1 N–H and O–H groups in total. The lowest BCUT2D eigenvalue weighted by molar-refractivity contribution is -0.114. The summed E-state index contributed by atoms with van der Waals surface area (Å²) in [6.45, 7) is 3.23. The van der Waals surface area contributed by atoms with Gasteiger partial charge in [-0.15, -0.1) is 0 Å². The van der Waals surface area contributed by atoms with E-state index in [1.807, 2.05) is 6.92 Å². The number of rotatable bonds is 6. The molecule has 1 heterocycles. The molecule has 0 saturated carbocycles. The normalized spacial score (nSPS) is 11.1. The van der Waals surface area contributed by atoms with E-state index in [0.29, 0.717) is 22.0 Å². The summed E-state index contributed by atoms with van der Waals surface area (Å²) >= 11 is 6.03. The van der Waals surface area contributed by atoms with Crippen LogP contribution in [0.3, 0.4) is 0 Å². The molecule has 150 valence electrons. The number of carbonyl (C=O) groups excluding carboxylic acids is 1. The zero-order chi connectivity index (χ0) is 21.0. The third-order valence-electron chi connectivity index (χ3n) is 4.27. The van der Waals surface area contributed by atoms with Gasteiger partial charge in [-0.3, -0.25) is 14.1 Å². The molecule has 0 aliphatic heterocycles. The average molecular weight is 430 g/mol. The van der Waals surface area contributed by atoms with E-state index in [4.69, 9.17) is 11.6 Å². The fourth-order valence-corrected chi connectivity index (χ4v) is 4.52. The van der Waals surface area contributed by atoms with E-state index in [2.05, 4.69) is 10.3 Å². The van der Waals surface area contributed by atoms with Crippen LogP contribution in [0.2, 0.25) is 5.02 Å². The van der Waals surface area contributed by atoms with Gasteiger partial charge in [-0.05, 0) is 61.9 Å². The van der Waals surface area contributed by atoms with Gasteiger partial charge in [0.25, 0.3) is 10.0 Å². The Labute approximate surface area is 175 Å². The van der Waals surface area contributed by atoms with Crippen LogP contribution in [0, 0.1) is 13.8 Å². The first-order chi connectivity index (χ1) is 13.8. The summed E-state index contributed by atoms with van der Waals surface area (Å²) < 4.78 is 27.8. The molecule has 3 rings (SSSR count). The van der Waals surface area contributed by atoms with E-state index >= 15 is 0 Å². The van der Waals surface area contributed by atoms with E-state index in [1.54, 1.807) is 55.6 Å². The van der Waals surface area contributed by atoms with Crippen molar-refractivity contribution in [2.45, 2.75) is 18.7 Å². The molecule has 0 spiro atoms. The maximum atomic E-state index is 13.4. The van der Waals surface area contributed by atoms with Gasteiger partial charge in [0.15, 0.2) is 0 Å². The second-order valence-electron chi connectivity index (χ2n) is 6.55. The number of aryl methyl sites for hydroxylation is 2. The van der Waals surface area contributed by atoms with Crippen molar-refractivity contribution in [1.82, 2.24) is 4.98 Å². The lowest BCUT2D eigenvalue weighted by Crippen LogP contribution is -2.38. The highest BCUT2D eigenvalue weighted by molar-refractivity contribution is 7.92. The topological polar surface area (TPSA) is 79.4 Å². The number of pyridine rings is 1. The first-order valence-electron chi connectivity index (χ1n) is 8.83. The summed E-state index contributed by atoms with van der Waals surface area (Å²) in [4.78, 5) is 16.7. The Balaban J connectivity index is 1.99. The lowest BCUT2D eigenvalue weighted by atomic mass is 10.2. The lowest BCUT2D eigenvalue weighted by Gasteiger charge is -2.25. The van der Waals surface area contributed by atoms with Gasteiger partial charge in [0.1, 0.15) is 6.54 Å². The van der Waals surface area contributed by atoms with E-state index in [0.717, 1.165) is 9.87 Å². The van der Waals surface area contributed by atoms with E-state index in [-0.39, 0.29) is 4.90 Å². The van der Waals surface area contributed by atoms with Crippen molar-refractivity contribution < 1.29 is 13.2 Å². The maximum absolute atomic E-state index is 13.4. The molecule has 8 heteroatoms. The van der Waals surface area contributed by atoms with E-state index < -0.39 is 22.5 Å². The summed E-state index contributed by atoms with van der Waals surface area (Å²) in [6, 6.07) is 14.7. The predicted molar refractivity (Wildman–Crippen MR) is 115 cm³/mol. The van der Waals surface area contributed by atoms with Gasteiger partial charge in [0.05, 0.1) is 22.5 Å². The molecule has 0 atom stereocenters. The number of anilines is 2. The Morgan fingerprint density at radius 1 is 1.10 bits per heavy atom. The minimum absolute atomic E-state index is 0.103. The molecule has 0 aliphatic carbocycles. The second kappa shape index (κ2) is 8.63. The highest BCUT2D eigenvalue weighted by Gasteiger charge is 2.28. The largest absolute Gasteiger partial charge is 0.323 e. The van der Waals surface area contributed by atoms with Crippen LogP contribution in [0.1, 0.15) is 11.1 Å². The van der Waals surface area contributed by atoms with Crippen LogP contribution in [0.5, 0.6) is 0 Å². The predicted octanol–water partition coefficient (Wildman–Crippen LogP) is 4.19. The molecule has 0 bridgehead atoms. The van der Waals surface area contributed by atoms with Crippen molar-refractivity contribution >= 4 is 38.9 Å². The van der Waals surface area contributed by atoms with Crippen molar-refractivity contribution in [3.8, 4) is 0 Å². The van der Waals surface area contributed by atoms with Crippen LogP contribution in [0.4, 0.5) is 11.4 Å². The number of sulfonamides is 1. The summed E-state index contributed by atoms with van der Waals surface area (Å²) in [5.41, 5.74) is 2.45. The quantitative estimate of drug-likeness (QED) is 0.637. The number of aromatic nitrogens is 1.